The lowest BCUT2D eigenvalue weighted by molar-refractivity contribution is 1.20. The lowest BCUT2D eigenvalue weighted by Crippen LogP contribution is -1.72. The van der Waals surface area contributed by atoms with Crippen LogP contribution in [0.5, 0.6) is 0 Å². The van der Waals surface area contributed by atoms with Crippen molar-refractivity contribution in [2.75, 3.05) is 0 Å². The minimum absolute atomic E-state index is 0.891. The van der Waals surface area contributed by atoms with E-state index in [2.05, 4.69) is 45.5 Å². The van der Waals surface area contributed by atoms with Crippen molar-refractivity contribution in [3.05, 3.63) is 72.4 Å². The summed E-state index contributed by atoms with van der Waals surface area (Å²) in [5, 5.41) is 12.4. The molecule has 0 fully saturated rings. The number of hydrogen-bond donors (Lipinski definition) is 1. The fourth-order valence-corrected chi connectivity index (χ4v) is 2.79. The largest absolute Gasteiger partial charge is 0.357 e. The summed E-state index contributed by atoms with van der Waals surface area (Å²) >= 11 is 0. The summed E-state index contributed by atoms with van der Waals surface area (Å²) in [6.45, 7) is 2.03. The first-order chi connectivity index (χ1) is 10.8. The molecule has 0 aliphatic rings. The molecule has 0 aliphatic heterocycles. The first-order valence-corrected chi connectivity index (χ1v) is 7.30. The Balaban J connectivity index is 1.84. The minimum atomic E-state index is 0.891. The second-order valence-electron chi connectivity index (χ2n) is 5.34. The van der Waals surface area contributed by atoms with Gasteiger partial charge >= 0.3 is 0 Å². The lowest BCUT2D eigenvalue weighted by atomic mass is 10.1. The van der Waals surface area contributed by atoms with Crippen molar-refractivity contribution in [3.63, 3.8) is 0 Å². The average Bonchev–Trinajstić information content (AvgIpc) is 2.88. The zero-order valence-corrected chi connectivity index (χ0v) is 12.2. The fraction of sp³-hybridized carbons (Fsp3) is 0.0526. The van der Waals surface area contributed by atoms with E-state index in [0.29, 0.717) is 0 Å². The Bertz CT molecular complexity index is 991. The van der Waals surface area contributed by atoms with Crippen LogP contribution in [0.4, 0.5) is 11.4 Å². The molecule has 0 amide bonds. The van der Waals surface area contributed by atoms with Gasteiger partial charge in [-0.3, -0.25) is 0 Å². The van der Waals surface area contributed by atoms with Gasteiger partial charge in [-0.2, -0.15) is 0 Å². The molecule has 3 nitrogen and oxygen atoms in total. The molecule has 1 aromatic heterocycles. The van der Waals surface area contributed by atoms with Gasteiger partial charge in [-0.05, 0) is 24.4 Å². The molecule has 0 unspecified atom stereocenters. The molecule has 0 radical (unpaired) electrons. The van der Waals surface area contributed by atoms with Crippen LogP contribution in [0.1, 0.15) is 5.69 Å². The van der Waals surface area contributed by atoms with Gasteiger partial charge in [-0.15, -0.1) is 10.2 Å². The third kappa shape index (κ3) is 2.07. The van der Waals surface area contributed by atoms with Crippen molar-refractivity contribution < 1.29 is 0 Å². The number of rotatable bonds is 2. The van der Waals surface area contributed by atoms with Crippen molar-refractivity contribution in [2.45, 2.75) is 6.92 Å². The van der Waals surface area contributed by atoms with Crippen molar-refractivity contribution in [1.29, 1.82) is 0 Å². The van der Waals surface area contributed by atoms with Crippen LogP contribution in [0.15, 0.2) is 77.0 Å². The molecule has 1 N–H and O–H groups in total. The number of para-hydroxylation sites is 1. The molecular weight excluding hydrogens is 270 g/mol. The maximum Gasteiger partial charge on any atom is 0.114 e. The van der Waals surface area contributed by atoms with Crippen molar-refractivity contribution >= 4 is 33.1 Å². The van der Waals surface area contributed by atoms with E-state index in [9.17, 15) is 0 Å². The van der Waals surface area contributed by atoms with Gasteiger partial charge in [-0.25, -0.2) is 0 Å². The highest BCUT2D eigenvalue weighted by Gasteiger charge is 2.07. The number of hydrogen-bond acceptors (Lipinski definition) is 2. The summed E-state index contributed by atoms with van der Waals surface area (Å²) in [6, 6.07) is 22.5. The zero-order chi connectivity index (χ0) is 14.9. The molecule has 1 heterocycles. The molecule has 22 heavy (non-hydrogen) atoms. The Morgan fingerprint density at radius 2 is 1.45 bits per heavy atom. The van der Waals surface area contributed by atoms with Crippen LogP contribution in [0.2, 0.25) is 0 Å². The molecule has 4 aromatic rings. The minimum Gasteiger partial charge on any atom is -0.357 e. The van der Waals surface area contributed by atoms with Crippen molar-refractivity contribution in [2.24, 2.45) is 10.2 Å². The maximum absolute atomic E-state index is 4.51. The average molecular weight is 285 g/mol. The number of nitrogens with one attached hydrogen (secondary N) is 1. The van der Waals surface area contributed by atoms with Crippen LogP contribution in [-0.4, -0.2) is 4.98 Å². The van der Waals surface area contributed by atoms with Gasteiger partial charge in [0.2, 0.25) is 0 Å². The first kappa shape index (κ1) is 12.8. The third-order valence-electron chi connectivity index (χ3n) is 3.88. The lowest BCUT2D eigenvalue weighted by Gasteiger charge is -2.00. The summed E-state index contributed by atoms with van der Waals surface area (Å²) in [6.07, 6.45) is 0. The highest BCUT2D eigenvalue weighted by molar-refractivity contribution is 5.94. The van der Waals surface area contributed by atoms with E-state index in [1.54, 1.807) is 0 Å². The predicted octanol–water partition coefficient (Wildman–Crippen LogP) is 6.04. The van der Waals surface area contributed by atoms with Crippen LogP contribution < -0.4 is 0 Å². The van der Waals surface area contributed by atoms with E-state index < -0.39 is 0 Å². The predicted molar refractivity (Wildman–Crippen MR) is 91.2 cm³/mol. The quantitative estimate of drug-likeness (QED) is 0.436. The van der Waals surface area contributed by atoms with Crippen LogP contribution in [-0.2, 0) is 0 Å². The van der Waals surface area contributed by atoms with Gasteiger partial charge in [0.25, 0.3) is 0 Å². The second kappa shape index (κ2) is 5.11. The Hall–Kier alpha value is -2.94. The number of aryl methyl sites for hydroxylation is 1. The maximum atomic E-state index is 4.51. The Morgan fingerprint density at radius 1 is 0.727 bits per heavy atom. The SMILES string of the molecule is Cc1[nH]c2ccccc2c1N=Nc1cccc2ccccc12. The number of aromatic amines is 1. The molecule has 0 saturated heterocycles. The number of nitrogens with zero attached hydrogens (tertiary/aromatic N) is 2. The number of azo groups is 1. The Kier molecular flexibility index (Phi) is 2.97. The number of aromatic nitrogens is 1. The van der Waals surface area contributed by atoms with Crippen molar-refractivity contribution in [3.8, 4) is 0 Å². The first-order valence-electron chi connectivity index (χ1n) is 7.30. The molecule has 0 spiro atoms. The highest BCUT2D eigenvalue weighted by Crippen LogP contribution is 2.32. The Labute approximate surface area is 128 Å². The van der Waals surface area contributed by atoms with E-state index in [4.69, 9.17) is 0 Å². The molecule has 106 valence electrons. The van der Waals surface area contributed by atoms with Crippen LogP contribution >= 0.6 is 0 Å². The standard InChI is InChI=1S/C19H15N3/c1-13-19(16-10-4-5-11-17(16)20-13)22-21-18-12-6-8-14-7-2-3-9-15(14)18/h2-12,20H,1H3. The topological polar surface area (TPSA) is 40.5 Å². The Morgan fingerprint density at radius 3 is 2.36 bits per heavy atom. The van der Waals surface area contributed by atoms with E-state index in [1.807, 2.05) is 43.3 Å². The highest BCUT2D eigenvalue weighted by atomic mass is 15.1. The molecular formula is C19H15N3. The van der Waals surface area contributed by atoms with Crippen LogP contribution in [0, 0.1) is 6.92 Å². The summed E-state index contributed by atoms with van der Waals surface area (Å²) in [7, 11) is 0. The monoisotopic (exact) mass is 285 g/mol. The van der Waals surface area contributed by atoms with Gasteiger partial charge in [0.05, 0.1) is 5.69 Å². The van der Waals surface area contributed by atoms with Gasteiger partial charge in [-0.1, -0.05) is 54.6 Å². The number of H-pyrrole nitrogens is 1. The van der Waals surface area contributed by atoms with Gasteiger partial charge in [0, 0.05) is 22.0 Å². The summed E-state index contributed by atoms with van der Waals surface area (Å²) in [5.74, 6) is 0. The van der Waals surface area contributed by atoms with E-state index >= 15 is 0 Å². The van der Waals surface area contributed by atoms with Gasteiger partial charge in [0.1, 0.15) is 5.69 Å². The molecule has 0 atom stereocenters. The molecule has 0 aliphatic carbocycles. The molecule has 0 saturated carbocycles. The van der Waals surface area contributed by atoms with E-state index in [-0.39, 0.29) is 0 Å². The smallest absolute Gasteiger partial charge is 0.114 e. The number of benzene rings is 3. The second-order valence-corrected chi connectivity index (χ2v) is 5.34. The van der Waals surface area contributed by atoms with Crippen LogP contribution in [0.25, 0.3) is 21.7 Å². The van der Waals surface area contributed by atoms with Crippen molar-refractivity contribution in [1.82, 2.24) is 4.98 Å². The fourth-order valence-electron chi connectivity index (χ4n) is 2.79. The summed E-state index contributed by atoms with van der Waals surface area (Å²) in [4.78, 5) is 3.35. The third-order valence-corrected chi connectivity index (χ3v) is 3.88. The molecule has 3 aromatic carbocycles. The molecule has 0 bridgehead atoms. The van der Waals surface area contributed by atoms with Crippen LogP contribution in [0.3, 0.4) is 0 Å². The summed E-state index contributed by atoms with van der Waals surface area (Å²) < 4.78 is 0. The molecule has 3 heteroatoms. The van der Waals surface area contributed by atoms with E-state index in [1.165, 1.54) is 5.39 Å². The van der Waals surface area contributed by atoms with Gasteiger partial charge in [0.15, 0.2) is 0 Å². The zero-order valence-electron chi connectivity index (χ0n) is 12.2. The van der Waals surface area contributed by atoms with Gasteiger partial charge < -0.3 is 4.98 Å². The molecule has 4 rings (SSSR count). The number of fused-ring (bicyclic) bond motifs is 2. The normalized spacial score (nSPS) is 11.7. The summed E-state index contributed by atoms with van der Waals surface area (Å²) in [5.41, 5.74) is 3.92. The van der Waals surface area contributed by atoms with E-state index in [0.717, 1.165) is 33.4 Å².